The van der Waals surface area contributed by atoms with Crippen molar-refractivity contribution in [1.82, 2.24) is 9.78 Å². The van der Waals surface area contributed by atoms with Crippen molar-refractivity contribution in [1.29, 1.82) is 0 Å². The first-order valence-electron chi connectivity index (χ1n) is 16.3. The molecule has 2 aromatic carbocycles. The summed E-state index contributed by atoms with van der Waals surface area (Å²) in [5.41, 5.74) is 3.42. The third-order valence-electron chi connectivity index (χ3n) is 8.24. The molecule has 7 nitrogen and oxygen atoms in total. The Kier molecular flexibility index (Phi) is 12.1. The smallest absolute Gasteiger partial charge is 0.332 e. The molecule has 1 saturated carbocycles. The molecule has 0 spiro atoms. The highest BCUT2D eigenvalue weighted by atomic mass is 32.2. The van der Waals surface area contributed by atoms with Gasteiger partial charge in [-0.25, -0.2) is 9.18 Å². The molecule has 1 aliphatic heterocycles. The van der Waals surface area contributed by atoms with E-state index in [0.29, 0.717) is 25.0 Å². The van der Waals surface area contributed by atoms with E-state index in [1.807, 2.05) is 51.1 Å². The number of rotatable bonds is 13. The first-order valence-corrected chi connectivity index (χ1v) is 17.3. The first kappa shape index (κ1) is 33.6. The van der Waals surface area contributed by atoms with Crippen LogP contribution in [0.25, 0.3) is 22.4 Å². The predicted octanol–water partition coefficient (Wildman–Crippen LogP) is 8.16. The molecule has 0 bridgehead atoms. The quantitative estimate of drug-likeness (QED) is 0.106. The average molecular weight is 639 g/mol. The Labute approximate surface area is 271 Å². The molecule has 3 aromatic rings. The Morgan fingerprint density at radius 2 is 1.71 bits per heavy atom. The second-order valence-electron chi connectivity index (χ2n) is 13.1. The summed E-state index contributed by atoms with van der Waals surface area (Å²) in [5.74, 6) is 1.10. The second kappa shape index (κ2) is 16.2. The van der Waals surface area contributed by atoms with Crippen molar-refractivity contribution in [3.63, 3.8) is 0 Å². The minimum Gasteiger partial charge on any atom is -0.458 e. The number of halogens is 1. The molecule has 2 heterocycles. The van der Waals surface area contributed by atoms with Gasteiger partial charge in [0, 0.05) is 30.0 Å². The van der Waals surface area contributed by atoms with Crippen LogP contribution in [0.5, 0.6) is 0 Å². The van der Waals surface area contributed by atoms with Crippen LogP contribution in [-0.4, -0.2) is 59.8 Å². The Hall–Kier alpha value is -2.72. The van der Waals surface area contributed by atoms with Crippen LogP contribution < -0.4 is 0 Å². The molecule has 0 N–H and O–H groups in total. The molecule has 1 saturated heterocycles. The Balaban J connectivity index is 1.29. The molecule has 0 amide bonds. The van der Waals surface area contributed by atoms with Crippen LogP contribution >= 0.6 is 11.8 Å². The van der Waals surface area contributed by atoms with E-state index in [4.69, 9.17) is 24.0 Å². The van der Waals surface area contributed by atoms with Gasteiger partial charge < -0.3 is 18.9 Å². The fourth-order valence-corrected chi connectivity index (χ4v) is 7.05. The molecule has 1 atom stereocenters. The lowest BCUT2D eigenvalue weighted by atomic mass is 9.82. The summed E-state index contributed by atoms with van der Waals surface area (Å²) in [6.45, 7) is 8.32. The zero-order chi connectivity index (χ0) is 31.6. The topological polar surface area (TPSA) is 71.8 Å². The van der Waals surface area contributed by atoms with Crippen LogP contribution in [0.3, 0.4) is 0 Å². The van der Waals surface area contributed by atoms with Gasteiger partial charge in [-0.2, -0.15) is 5.10 Å². The highest BCUT2D eigenvalue weighted by Gasteiger charge is 2.27. The van der Waals surface area contributed by atoms with Crippen molar-refractivity contribution in [3.05, 3.63) is 60.4 Å². The largest absolute Gasteiger partial charge is 0.458 e. The van der Waals surface area contributed by atoms with Crippen LogP contribution in [0.1, 0.15) is 65.7 Å². The van der Waals surface area contributed by atoms with E-state index in [1.165, 1.54) is 12.1 Å². The van der Waals surface area contributed by atoms with E-state index in [-0.39, 0.29) is 24.7 Å². The fraction of sp³-hybridized carbons (Fsp3) is 0.556. The summed E-state index contributed by atoms with van der Waals surface area (Å²) in [7, 11) is 0. The van der Waals surface area contributed by atoms with Gasteiger partial charge in [0.15, 0.2) is 6.29 Å². The number of hydrogen-bond acceptors (Lipinski definition) is 7. The number of hydrogen-bond donors (Lipinski definition) is 0. The molecule has 1 unspecified atom stereocenters. The van der Waals surface area contributed by atoms with Gasteiger partial charge in [0.05, 0.1) is 13.2 Å². The second-order valence-corrected chi connectivity index (χ2v) is 14.2. The number of esters is 1. The van der Waals surface area contributed by atoms with Crippen LogP contribution in [0, 0.1) is 17.7 Å². The summed E-state index contributed by atoms with van der Waals surface area (Å²) in [6, 6.07) is 17.0. The highest BCUT2D eigenvalue weighted by molar-refractivity contribution is 7.99. The summed E-state index contributed by atoms with van der Waals surface area (Å²) < 4.78 is 39.0. The van der Waals surface area contributed by atoms with E-state index in [0.717, 1.165) is 91.3 Å². The zero-order valence-corrected chi connectivity index (χ0v) is 27.7. The maximum atomic E-state index is 13.9. The molecular weight excluding hydrogens is 591 g/mol. The minimum absolute atomic E-state index is 0.00389. The number of aromatic nitrogens is 2. The van der Waals surface area contributed by atoms with Gasteiger partial charge in [-0.1, -0.05) is 30.3 Å². The lowest BCUT2D eigenvalue weighted by Gasteiger charge is -2.29. The third-order valence-corrected chi connectivity index (χ3v) is 9.30. The van der Waals surface area contributed by atoms with Crippen molar-refractivity contribution in [2.24, 2.45) is 11.8 Å². The lowest BCUT2D eigenvalue weighted by molar-refractivity contribution is -0.160. The van der Waals surface area contributed by atoms with Crippen LogP contribution in [0.15, 0.2) is 59.6 Å². The first-order chi connectivity index (χ1) is 21.7. The standard InChI is InChI=1S/C36H47FN2O5S/c1-36(2,3)44-31(40)25-41-24-27-14-12-26(13-15-27)23-39-35(45-22-21-43-32-11-7-8-20-42-32)33(28-9-5-4-6-10-28)34(38-39)29-16-18-30(37)19-17-29/h4-6,9-10,16-19,26-27,32H,7-8,11-15,20-25H2,1-3H3/t26-,27-,32?. The van der Waals surface area contributed by atoms with Gasteiger partial charge >= 0.3 is 5.97 Å². The zero-order valence-electron chi connectivity index (χ0n) is 26.8. The normalized spacial score (nSPS) is 20.7. The molecule has 0 radical (unpaired) electrons. The van der Waals surface area contributed by atoms with Gasteiger partial charge in [-0.05, 0) is 107 Å². The molecule has 45 heavy (non-hydrogen) atoms. The molecular formula is C36H47FN2O5S. The number of carbonyl (C=O) groups excluding carboxylic acids is 1. The monoisotopic (exact) mass is 638 g/mol. The van der Waals surface area contributed by atoms with E-state index in [2.05, 4.69) is 16.8 Å². The Morgan fingerprint density at radius 3 is 2.40 bits per heavy atom. The van der Waals surface area contributed by atoms with Gasteiger partial charge in [0.2, 0.25) is 0 Å². The number of nitrogens with zero attached hydrogens (tertiary/aromatic N) is 2. The van der Waals surface area contributed by atoms with E-state index in [1.54, 1.807) is 11.8 Å². The highest BCUT2D eigenvalue weighted by Crippen LogP contribution is 2.41. The maximum Gasteiger partial charge on any atom is 0.332 e. The predicted molar refractivity (Wildman–Crippen MR) is 175 cm³/mol. The third kappa shape index (κ3) is 10.1. The van der Waals surface area contributed by atoms with Gasteiger partial charge in [0.1, 0.15) is 28.7 Å². The van der Waals surface area contributed by atoms with Gasteiger partial charge in [0.25, 0.3) is 0 Å². The molecule has 244 valence electrons. The van der Waals surface area contributed by atoms with Crippen molar-refractivity contribution in [2.45, 2.75) is 89.2 Å². The molecule has 9 heteroatoms. The van der Waals surface area contributed by atoms with Crippen LogP contribution in [0.2, 0.25) is 0 Å². The number of benzene rings is 2. The van der Waals surface area contributed by atoms with Crippen molar-refractivity contribution < 1.29 is 28.1 Å². The van der Waals surface area contributed by atoms with Crippen molar-refractivity contribution >= 4 is 17.7 Å². The van der Waals surface area contributed by atoms with Gasteiger partial charge in [-0.15, -0.1) is 11.8 Å². The SMILES string of the molecule is CC(C)(C)OC(=O)COC[C@H]1CC[C@H](Cn2nc(-c3ccc(F)cc3)c(-c3ccccc3)c2SCCOC2CCCCO2)CC1. The lowest BCUT2D eigenvalue weighted by Crippen LogP contribution is -2.28. The van der Waals surface area contributed by atoms with E-state index < -0.39 is 5.60 Å². The average Bonchev–Trinajstić information content (AvgIpc) is 3.38. The molecule has 1 aliphatic carbocycles. The van der Waals surface area contributed by atoms with Crippen molar-refractivity contribution in [2.75, 3.05) is 32.2 Å². The van der Waals surface area contributed by atoms with Crippen molar-refractivity contribution in [3.8, 4) is 22.4 Å². The molecule has 2 fully saturated rings. The van der Waals surface area contributed by atoms with E-state index in [9.17, 15) is 9.18 Å². The summed E-state index contributed by atoms with van der Waals surface area (Å²) in [6.07, 6.45) is 7.31. The number of thioether (sulfide) groups is 1. The summed E-state index contributed by atoms with van der Waals surface area (Å²) in [5, 5.41) is 6.31. The van der Waals surface area contributed by atoms with Crippen LogP contribution in [-0.2, 0) is 30.3 Å². The fourth-order valence-electron chi connectivity index (χ4n) is 6.06. The Morgan fingerprint density at radius 1 is 0.978 bits per heavy atom. The van der Waals surface area contributed by atoms with E-state index >= 15 is 0 Å². The number of ether oxygens (including phenoxy) is 4. The molecule has 2 aliphatic rings. The molecule has 1 aromatic heterocycles. The van der Waals surface area contributed by atoms with Crippen LogP contribution in [0.4, 0.5) is 4.39 Å². The summed E-state index contributed by atoms with van der Waals surface area (Å²) >= 11 is 1.76. The summed E-state index contributed by atoms with van der Waals surface area (Å²) in [4.78, 5) is 12.0. The minimum atomic E-state index is -0.504. The Bertz CT molecular complexity index is 1340. The number of carbonyl (C=O) groups is 1. The van der Waals surface area contributed by atoms with Gasteiger partial charge in [-0.3, -0.25) is 4.68 Å². The maximum absolute atomic E-state index is 13.9. The molecule has 5 rings (SSSR count).